The third-order valence-electron chi connectivity index (χ3n) is 1.40. The molecule has 0 fully saturated rings. The van der Waals surface area contributed by atoms with E-state index in [1.54, 1.807) is 13.8 Å². The van der Waals surface area contributed by atoms with E-state index in [9.17, 15) is 16.8 Å². The average molecular weight is 238 g/mol. The number of rotatable bonds is 3. The minimum atomic E-state index is -3.22. The van der Waals surface area contributed by atoms with Crippen molar-refractivity contribution in [3.05, 3.63) is 22.0 Å². The molecule has 82 valence electrons. The summed E-state index contributed by atoms with van der Waals surface area (Å²) in [6.07, 6.45) is 2.12. The Bertz CT molecular complexity index is 417. The van der Waals surface area contributed by atoms with Gasteiger partial charge in [0.15, 0.2) is 19.7 Å². The lowest BCUT2D eigenvalue weighted by atomic mass is 10.2. The van der Waals surface area contributed by atoms with Crippen molar-refractivity contribution < 1.29 is 16.8 Å². The third kappa shape index (κ3) is 6.85. The number of hydrogen-bond acceptors (Lipinski definition) is 4. The van der Waals surface area contributed by atoms with E-state index in [2.05, 4.69) is 0 Å². The summed E-state index contributed by atoms with van der Waals surface area (Å²) < 4.78 is 43.4. The summed E-state index contributed by atoms with van der Waals surface area (Å²) in [6, 6.07) is 0. The molecule has 0 aliphatic heterocycles. The first-order valence-electron chi connectivity index (χ1n) is 3.78. The summed E-state index contributed by atoms with van der Waals surface area (Å²) in [7, 11) is -6.44. The highest BCUT2D eigenvalue weighted by molar-refractivity contribution is 7.94. The van der Waals surface area contributed by atoms with Crippen LogP contribution in [0.1, 0.15) is 13.8 Å². The highest BCUT2D eigenvalue weighted by Gasteiger charge is 2.03. The molecular formula is C8H14O4S2. The van der Waals surface area contributed by atoms with Crippen molar-refractivity contribution >= 4 is 19.7 Å². The van der Waals surface area contributed by atoms with Gasteiger partial charge in [-0.1, -0.05) is 0 Å². The van der Waals surface area contributed by atoms with E-state index < -0.39 is 19.7 Å². The van der Waals surface area contributed by atoms with Crippen LogP contribution < -0.4 is 0 Å². The van der Waals surface area contributed by atoms with E-state index in [0.717, 1.165) is 23.3 Å². The fraction of sp³-hybridized carbons (Fsp3) is 0.500. The van der Waals surface area contributed by atoms with Crippen LogP contribution in [-0.4, -0.2) is 29.3 Å². The Morgan fingerprint density at radius 1 is 0.786 bits per heavy atom. The molecule has 0 aliphatic carbocycles. The highest BCUT2D eigenvalue weighted by atomic mass is 32.2. The molecule has 0 atom stereocenters. The lowest BCUT2D eigenvalue weighted by Crippen LogP contribution is -1.95. The van der Waals surface area contributed by atoms with Crippen molar-refractivity contribution in [1.82, 2.24) is 0 Å². The summed E-state index contributed by atoms with van der Waals surface area (Å²) in [6.45, 7) is 3.11. The van der Waals surface area contributed by atoms with E-state index in [0.29, 0.717) is 11.1 Å². The number of sulfone groups is 2. The molecule has 0 spiro atoms. The van der Waals surface area contributed by atoms with Crippen LogP contribution in [0.25, 0.3) is 0 Å². The molecule has 0 amide bonds. The maximum absolute atomic E-state index is 10.9. The summed E-state index contributed by atoms with van der Waals surface area (Å²) in [5.41, 5.74) is 0.857. The van der Waals surface area contributed by atoms with Crippen LogP contribution in [0, 0.1) is 0 Å². The molecule has 14 heavy (non-hydrogen) atoms. The first-order chi connectivity index (χ1) is 6.01. The van der Waals surface area contributed by atoms with Crippen molar-refractivity contribution in [3.63, 3.8) is 0 Å². The lowest BCUT2D eigenvalue weighted by molar-refractivity contribution is 0.607. The molecule has 6 heteroatoms. The smallest absolute Gasteiger partial charge is 0.169 e. The third-order valence-corrected chi connectivity index (χ3v) is 2.97. The van der Waals surface area contributed by atoms with E-state index in [1.165, 1.54) is 0 Å². The molecule has 0 aromatic rings. The predicted octanol–water partition coefficient (Wildman–Crippen LogP) is 0.883. The SMILES string of the molecule is CC(=CS(C)(=O)=O)C(C)=CS(C)(=O)=O. The fourth-order valence-corrected chi connectivity index (χ4v) is 2.48. The molecule has 0 N–H and O–H groups in total. The van der Waals surface area contributed by atoms with Crippen molar-refractivity contribution in [2.45, 2.75) is 13.8 Å². The Kier molecular flexibility index (Phi) is 4.08. The second-order valence-electron chi connectivity index (χ2n) is 3.26. The first-order valence-corrected chi connectivity index (χ1v) is 7.69. The fourth-order valence-electron chi connectivity index (χ4n) is 0.828. The first kappa shape index (κ1) is 13.4. The average Bonchev–Trinajstić information content (AvgIpc) is 1.78. The lowest BCUT2D eigenvalue weighted by Gasteiger charge is -1.99. The van der Waals surface area contributed by atoms with Crippen LogP contribution in [0.4, 0.5) is 0 Å². The monoisotopic (exact) mass is 238 g/mol. The minimum absolute atomic E-state index is 0.429. The van der Waals surface area contributed by atoms with Crippen LogP contribution in [0.5, 0.6) is 0 Å². The molecule has 0 radical (unpaired) electrons. The topological polar surface area (TPSA) is 68.3 Å². The molecule has 4 nitrogen and oxygen atoms in total. The molecule has 0 saturated heterocycles. The van der Waals surface area contributed by atoms with Gasteiger partial charge in [0.25, 0.3) is 0 Å². The van der Waals surface area contributed by atoms with E-state index in [-0.39, 0.29) is 0 Å². The van der Waals surface area contributed by atoms with Crippen LogP contribution in [0.15, 0.2) is 22.0 Å². The van der Waals surface area contributed by atoms with Gasteiger partial charge in [0.1, 0.15) is 0 Å². The zero-order chi connectivity index (χ0) is 11.6. The Balaban J connectivity index is 5.20. The van der Waals surface area contributed by atoms with Gasteiger partial charge in [0, 0.05) is 23.3 Å². The van der Waals surface area contributed by atoms with Gasteiger partial charge >= 0.3 is 0 Å². The van der Waals surface area contributed by atoms with Crippen molar-refractivity contribution in [3.8, 4) is 0 Å². The summed E-state index contributed by atoms with van der Waals surface area (Å²) >= 11 is 0. The second kappa shape index (κ2) is 4.27. The van der Waals surface area contributed by atoms with Gasteiger partial charge in [-0.2, -0.15) is 0 Å². The summed E-state index contributed by atoms with van der Waals surface area (Å²) in [5.74, 6) is 0. The maximum Gasteiger partial charge on any atom is 0.169 e. The molecule has 0 aromatic heterocycles. The molecular weight excluding hydrogens is 224 g/mol. The molecule has 0 aliphatic rings. The molecule has 0 bridgehead atoms. The molecule has 0 saturated carbocycles. The standard InChI is InChI=1S/C8H14O4S2/c1-7(5-13(3,9)10)8(2)6-14(4,11)12/h5-6H,1-4H3. The van der Waals surface area contributed by atoms with Gasteiger partial charge in [-0.15, -0.1) is 0 Å². The Morgan fingerprint density at radius 2 is 1.00 bits per heavy atom. The van der Waals surface area contributed by atoms with Crippen LogP contribution in [-0.2, 0) is 19.7 Å². The van der Waals surface area contributed by atoms with Crippen LogP contribution >= 0.6 is 0 Å². The normalized spacial score (nSPS) is 15.7. The molecule has 0 rings (SSSR count). The Labute approximate surface area is 85.2 Å². The maximum atomic E-state index is 10.9. The quantitative estimate of drug-likeness (QED) is 0.685. The van der Waals surface area contributed by atoms with E-state index in [1.807, 2.05) is 0 Å². The van der Waals surface area contributed by atoms with Gasteiger partial charge in [0.2, 0.25) is 0 Å². The van der Waals surface area contributed by atoms with E-state index >= 15 is 0 Å². The highest BCUT2D eigenvalue weighted by Crippen LogP contribution is 2.11. The minimum Gasteiger partial charge on any atom is -0.225 e. The zero-order valence-corrected chi connectivity index (χ0v) is 10.2. The van der Waals surface area contributed by atoms with Gasteiger partial charge in [-0.05, 0) is 25.0 Å². The van der Waals surface area contributed by atoms with Crippen molar-refractivity contribution in [2.75, 3.05) is 12.5 Å². The summed E-state index contributed by atoms with van der Waals surface area (Å²) in [5, 5.41) is 2.09. The predicted molar refractivity (Wildman–Crippen MR) is 57.2 cm³/mol. The van der Waals surface area contributed by atoms with Gasteiger partial charge < -0.3 is 0 Å². The van der Waals surface area contributed by atoms with Crippen molar-refractivity contribution in [2.24, 2.45) is 0 Å². The molecule has 0 aromatic carbocycles. The summed E-state index contributed by atoms with van der Waals surface area (Å²) in [4.78, 5) is 0. The number of hydrogen-bond donors (Lipinski definition) is 0. The van der Waals surface area contributed by atoms with Crippen molar-refractivity contribution in [1.29, 1.82) is 0 Å². The largest absolute Gasteiger partial charge is 0.225 e. The van der Waals surface area contributed by atoms with Gasteiger partial charge in [0.05, 0.1) is 0 Å². The number of allylic oxidation sites excluding steroid dienone is 2. The van der Waals surface area contributed by atoms with Gasteiger partial charge in [-0.25, -0.2) is 16.8 Å². The Morgan fingerprint density at radius 3 is 1.14 bits per heavy atom. The zero-order valence-electron chi connectivity index (χ0n) is 8.60. The van der Waals surface area contributed by atoms with Crippen LogP contribution in [0.2, 0.25) is 0 Å². The van der Waals surface area contributed by atoms with Gasteiger partial charge in [-0.3, -0.25) is 0 Å². The Hall–Kier alpha value is -0.620. The second-order valence-corrected chi connectivity index (χ2v) is 7.05. The molecule has 0 heterocycles. The molecule has 0 unspecified atom stereocenters. The van der Waals surface area contributed by atoms with E-state index in [4.69, 9.17) is 0 Å². The van der Waals surface area contributed by atoms with Crippen LogP contribution in [0.3, 0.4) is 0 Å².